The van der Waals surface area contributed by atoms with Gasteiger partial charge in [-0.1, -0.05) is 24.3 Å². The van der Waals surface area contributed by atoms with Crippen molar-refractivity contribution in [1.29, 1.82) is 0 Å². The molecule has 148 valence electrons. The fourth-order valence-electron chi connectivity index (χ4n) is 3.23. The first-order valence-corrected chi connectivity index (χ1v) is 9.46. The highest BCUT2D eigenvalue weighted by atomic mass is 16.5. The number of benzene rings is 2. The van der Waals surface area contributed by atoms with Gasteiger partial charge in [0.1, 0.15) is 11.5 Å². The molecule has 1 aromatic heterocycles. The number of para-hydroxylation sites is 1. The SMILES string of the molecule is COc1cncc(N2CCN(C(=O)c3cccc(Oc4ccccc4)c3)CC2)n1. The summed E-state index contributed by atoms with van der Waals surface area (Å²) < 4.78 is 11.0. The Morgan fingerprint density at radius 2 is 1.69 bits per heavy atom. The number of hydrogen-bond acceptors (Lipinski definition) is 6. The van der Waals surface area contributed by atoms with Gasteiger partial charge in [0.2, 0.25) is 5.88 Å². The Hall–Kier alpha value is -3.61. The number of methoxy groups -OCH3 is 1. The number of aromatic nitrogens is 2. The summed E-state index contributed by atoms with van der Waals surface area (Å²) in [5.41, 5.74) is 0.619. The molecule has 1 fully saturated rings. The van der Waals surface area contributed by atoms with Crippen LogP contribution in [0.5, 0.6) is 17.4 Å². The van der Waals surface area contributed by atoms with Crippen molar-refractivity contribution in [1.82, 2.24) is 14.9 Å². The zero-order valence-corrected chi connectivity index (χ0v) is 16.2. The summed E-state index contributed by atoms with van der Waals surface area (Å²) in [4.78, 5) is 25.5. The van der Waals surface area contributed by atoms with Crippen LogP contribution in [0.3, 0.4) is 0 Å². The molecular weight excluding hydrogens is 368 g/mol. The molecule has 1 saturated heterocycles. The third-order valence-electron chi connectivity index (χ3n) is 4.76. The first kappa shape index (κ1) is 18.7. The van der Waals surface area contributed by atoms with Crippen LogP contribution in [0.2, 0.25) is 0 Å². The van der Waals surface area contributed by atoms with Crippen molar-refractivity contribution < 1.29 is 14.3 Å². The molecule has 29 heavy (non-hydrogen) atoms. The zero-order valence-electron chi connectivity index (χ0n) is 16.2. The van der Waals surface area contributed by atoms with E-state index in [0.717, 1.165) is 11.6 Å². The van der Waals surface area contributed by atoms with Crippen molar-refractivity contribution >= 4 is 11.7 Å². The number of anilines is 1. The van der Waals surface area contributed by atoms with Crippen LogP contribution in [-0.2, 0) is 0 Å². The Morgan fingerprint density at radius 1 is 0.931 bits per heavy atom. The topological polar surface area (TPSA) is 67.8 Å². The van der Waals surface area contributed by atoms with Gasteiger partial charge in [-0.2, -0.15) is 4.98 Å². The Balaban J connectivity index is 1.40. The molecule has 0 aliphatic carbocycles. The number of rotatable bonds is 5. The van der Waals surface area contributed by atoms with Crippen LogP contribution in [0.1, 0.15) is 10.4 Å². The minimum atomic E-state index is -0.000104. The van der Waals surface area contributed by atoms with Crippen LogP contribution < -0.4 is 14.4 Å². The van der Waals surface area contributed by atoms with Gasteiger partial charge in [0.05, 0.1) is 19.5 Å². The van der Waals surface area contributed by atoms with E-state index in [-0.39, 0.29) is 5.91 Å². The lowest BCUT2D eigenvalue weighted by Crippen LogP contribution is -2.49. The Morgan fingerprint density at radius 3 is 2.45 bits per heavy atom. The molecule has 0 unspecified atom stereocenters. The van der Waals surface area contributed by atoms with E-state index in [1.165, 1.54) is 0 Å². The molecule has 0 bridgehead atoms. The van der Waals surface area contributed by atoms with E-state index in [9.17, 15) is 4.79 Å². The van der Waals surface area contributed by atoms with E-state index >= 15 is 0 Å². The van der Waals surface area contributed by atoms with E-state index in [1.807, 2.05) is 53.4 Å². The fraction of sp³-hybridized carbons (Fsp3) is 0.227. The highest BCUT2D eigenvalue weighted by molar-refractivity contribution is 5.94. The van der Waals surface area contributed by atoms with Gasteiger partial charge in [-0.05, 0) is 30.3 Å². The van der Waals surface area contributed by atoms with Crippen molar-refractivity contribution in [2.75, 3.05) is 38.2 Å². The lowest BCUT2D eigenvalue weighted by molar-refractivity contribution is 0.0746. The summed E-state index contributed by atoms with van der Waals surface area (Å²) in [5, 5.41) is 0. The molecular formula is C22H22N4O3. The predicted molar refractivity (Wildman–Crippen MR) is 110 cm³/mol. The molecule has 0 radical (unpaired) electrons. The normalized spacial score (nSPS) is 13.8. The summed E-state index contributed by atoms with van der Waals surface area (Å²) in [6, 6.07) is 16.8. The Kier molecular flexibility index (Phi) is 5.56. The highest BCUT2D eigenvalue weighted by Gasteiger charge is 2.23. The van der Waals surface area contributed by atoms with Crippen molar-refractivity contribution in [2.45, 2.75) is 0 Å². The van der Waals surface area contributed by atoms with E-state index in [1.54, 1.807) is 25.6 Å². The minimum absolute atomic E-state index is 0.000104. The van der Waals surface area contributed by atoms with E-state index in [0.29, 0.717) is 43.4 Å². The molecule has 1 aliphatic rings. The number of nitrogens with zero attached hydrogens (tertiary/aromatic N) is 4. The van der Waals surface area contributed by atoms with Gasteiger partial charge in [-0.15, -0.1) is 0 Å². The molecule has 3 aromatic rings. The van der Waals surface area contributed by atoms with Gasteiger partial charge in [0, 0.05) is 31.7 Å². The molecule has 0 saturated carbocycles. The molecule has 1 aliphatic heterocycles. The van der Waals surface area contributed by atoms with E-state index < -0.39 is 0 Å². The monoisotopic (exact) mass is 390 g/mol. The lowest BCUT2D eigenvalue weighted by atomic mass is 10.1. The van der Waals surface area contributed by atoms with Crippen molar-refractivity contribution in [3.8, 4) is 17.4 Å². The van der Waals surface area contributed by atoms with Crippen LogP contribution in [-0.4, -0.2) is 54.1 Å². The summed E-state index contributed by atoms with van der Waals surface area (Å²) >= 11 is 0. The lowest BCUT2D eigenvalue weighted by Gasteiger charge is -2.35. The van der Waals surface area contributed by atoms with Gasteiger partial charge in [0.15, 0.2) is 5.82 Å². The standard InChI is InChI=1S/C22H22N4O3/c1-28-21-16-23-15-20(24-21)25-10-12-26(13-11-25)22(27)17-6-5-9-19(14-17)29-18-7-3-2-4-8-18/h2-9,14-16H,10-13H2,1H3. The smallest absolute Gasteiger partial charge is 0.254 e. The van der Waals surface area contributed by atoms with Crippen LogP contribution in [0.4, 0.5) is 5.82 Å². The minimum Gasteiger partial charge on any atom is -0.480 e. The average Bonchev–Trinajstić information content (AvgIpc) is 2.79. The van der Waals surface area contributed by atoms with Crippen molar-refractivity contribution in [3.05, 3.63) is 72.6 Å². The first-order chi connectivity index (χ1) is 14.2. The van der Waals surface area contributed by atoms with Crippen molar-refractivity contribution in [3.63, 3.8) is 0 Å². The first-order valence-electron chi connectivity index (χ1n) is 9.46. The third-order valence-corrected chi connectivity index (χ3v) is 4.76. The maximum atomic E-state index is 13.0. The molecule has 4 rings (SSSR count). The van der Waals surface area contributed by atoms with Crippen molar-refractivity contribution in [2.24, 2.45) is 0 Å². The molecule has 0 atom stereocenters. The molecule has 1 amide bonds. The second-order valence-corrected chi connectivity index (χ2v) is 6.64. The Labute approximate surface area is 169 Å². The maximum Gasteiger partial charge on any atom is 0.254 e. The highest BCUT2D eigenvalue weighted by Crippen LogP contribution is 2.23. The molecule has 2 aromatic carbocycles. The third kappa shape index (κ3) is 4.45. The van der Waals surface area contributed by atoms with Crippen LogP contribution in [0, 0.1) is 0 Å². The number of hydrogen-bond donors (Lipinski definition) is 0. The van der Waals surface area contributed by atoms with Crippen LogP contribution >= 0.6 is 0 Å². The van der Waals surface area contributed by atoms with Gasteiger partial charge in [-0.3, -0.25) is 9.78 Å². The molecule has 7 heteroatoms. The quantitative estimate of drug-likeness (QED) is 0.666. The van der Waals surface area contributed by atoms with Gasteiger partial charge in [0.25, 0.3) is 5.91 Å². The maximum absolute atomic E-state index is 13.0. The summed E-state index contributed by atoms with van der Waals surface area (Å²) in [6.07, 6.45) is 3.29. The molecule has 0 spiro atoms. The van der Waals surface area contributed by atoms with Gasteiger partial charge in [-0.25, -0.2) is 0 Å². The van der Waals surface area contributed by atoms with Crippen LogP contribution in [0.25, 0.3) is 0 Å². The van der Waals surface area contributed by atoms with Gasteiger partial charge < -0.3 is 19.3 Å². The molecule has 7 nitrogen and oxygen atoms in total. The Bertz CT molecular complexity index is 973. The summed E-state index contributed by atoms with van der Waals surface area (Å²) in [5.74, 6) is 2.63. The summed E-state index contributed by atoms with van der Waals surface area (Å²) in [6.45, 7) is 2.60. The zero-order chi connectivity index (χ0) is 20.1. The number of carbonyl (C=O) groups excluding carboxylic acids is 1. The molecule has 2 heterocycles. The second-order valence-electron chi connectivity index (χ2n) is 6.64. The predicted octanol–water partition coefficient (Wildman–Crippen LogP) is 3.24. The number of carbonyl (C=O) groups is 1. The number of piperazine rings is 1. The van der Waals surface area contributed by atoms with Crippen LogP contribution in [0.15, 0.2) is 67.0 Å². The number of ether oxygens (including phenoxy) is 2. The average molecular weight is 390 g/mol. The van der Waals surface area contributed by atoms with Gasteiger partial charge >= 0.3 is 0 Å². The van der Waals surface area contributed by atoms with E-state index in [4.69, 9.17) is 9.47 Å². The fourth-order valence-corrected chi connectivity index (χ4v) is 3.23. The molecule has 0 N–H and O–H groups in total. The largest absolute Gasteiger partial charge is 0.480 e. The number of amides is 1. The summed E-state index contributed by atoms with van der Waals surface area (Å²) in [7, 11) is 1.57. The van der Waals surface area contributed by atoms with E-state index in [2.05, 4.69) is 14.9 Å². The second kappa shape index (κ2) is 8.60.